The molecule has 1 fully saturated rings. The third kappa shape index (κ3) is 3.99. The van der Waals surface area contributed by atoms with E-state index in [1.165, 1.54) is 0 Å². The van der Waals surface area contributed by atoms with Gasteiger partial charge >= 0.3 is 5.97 Å². The van der Waals surface area contributed by atoms with Gasteiger partial charge in [0.05, 0.1) is 13.2 Å². The summed E-state index contributed by atoms with van der Waals surface area (Å²) in [6, 6.07) is 13.1. The molecule has 1 saturated heterocycles. The monoisotopic (exact) mass is 395 g/mol. The fourth-order valence-electron chi connectivity index (χ4n) is 3.79. The molecule has 3 aromatic rings. The van der Waals surface area contributed by atoms with Gasteiger partial charge in [-0.2, -0.15) is 0 Å². The van der Waals surface area contributed by atoms with Crippen LogP contribution in [0, 0.1) is 0 Å². The number of hydrogen-bond donors (Lipinski definition) is 2. The molecular weight excluding hydrogens is 370 g/mol. The number of aromatic hydroxyl groups is 1. The van der Waals surface area contributed by atoms with Crippen LogP contribution >= 0.6 is 0 Å². The van der Waals surface area contributed by atoms with Gasteiger partial charge in [0.1, 0.15) is 22.7 Å². The first-order chi connectivity index (χ1) is 14.2. The van der Waals surface area contributed by atoms with E-state index in [-0.39, 0.29) is 12.4 Å². The normalized spacial score (nSPS) is 16.4. The van der Waals surface area contributed by atoms with E-state index in [0.717, 1.165) is 18.6 Å². The maximum Gasteiger partial charge on any atom is 0.342 e. The van der Waals surface area contributed by atoms with Crippen LogP contribution < -0.4 is 5.32 Å². The molecule has 0 radical (unpaired) electrons. The van der Waals surface area contributed by atoms with Crippen molar-refractivity contribution in [1.82, 2.24) is 5.32 Å². The Morgan fingerprint density at radius 1 is 1.24 bits per heavy atom. The number of fused-ring (bicyclic) bond motifs is 1. The molecule has 6 heteroatoms. The number of esters is 1. The summed E-state index contributed by atoms with van der Waals surface area (Å²) in [7, 11) is 0. The lowest BCUT2D eigenvalue weighted by Crippen LogP contribution is -2.31. The van der Waals surface area contributed by atoms with Crippen LogP contribution in [0.2, 0.25) is 0 Å². The van der Waals surface area contributed by atoms with Crippen molar-refractivity contribution >= 4 is 16.9 Å². The minimum absolute atomic E-state index is 0.146. The minimum atomic E-state index is -0.450. The van der Waals surface area contributed by atoms with E-state index in [0.29, 0.717) is 53.5 Å². The summed E-state index contributed by atoms with van der Waals surface area (Å²) in [5.41, 5.74) is 2.40. The van der Waals surface area contributed by atoms with Crippen molar-refractivity contribution in [2.45, 2.75) is 25.8 Å². The third-order valence-corrected chi connectivity index (χ3v) is 5.19. The van der Waals surface area contributed by atoms with Gasteiger partial charge in [0.25, 0.3) is 0 Å². The maximum atomic E-state index is 12.9. The van der Waals surface area contributed by atoms with Crippen LogP contribution in [-0.2, 0) is 15.9 Å². The number of carbonyl (C=O) groups excluding carboxylic acids is 1. The lowest BCUT2D eigenvalue weighted by Gasteiger charge is -2.12. The Morgan fingerprint density at radius 3 is 2.79 bits per heavy atom. The Balaban J connectivity index is 1.77. The fraction of sp³-hybridized carbons (Fsp3) is 0.348. The lowest BCUT2D eigenvalue weighted by molar-refractivity contribution is 0.0528. The zero-order valence-corrected chi connectivity index (χ0v) is 16.4. The largest absolute Gasteiger partial charge is 0.508 e. The maximum absolute atomic E-state index is 12.9. The molecular formula is C23H25NO5. The molecule has 6 nitrogen and oxygen atoms in total. The molecule has 2 aromatic carbocycles. The number of phenolic OH excluding ortho intramolecular Hbond substituents is 1. The first-order valence-corrected chi connectivity index (χ1v) is 10.00. The smallest absolute Gasteiger partial charge is 0.342 e. The molecule has 1 aromatic heterocycles. The fourth-order valence-corrected chi connectivity index (χ4v) is 3.79. The highest BCUT2D eigenvalue weighted by Gasteiger charge is 2.26. The summed E-state index contributed by atoms with van der Waals surface area (Å²) in [5, 5.41) is 14.6. The van der Waals surface area contributed by atoms with Crippen molar-refractivity contribution in [2.75, 3.05) is 26.4 Å². The van der Waals surface area contributed by atoms with Crippen LogP contribution in [0.25, 0.3) is 22.3 Å². The molecule has 1 unspecified atom stereocenters. The van der Waals surface area contributed by atoms with E-state index < -0.39 is 5.97 Å². The van der Waals surface area contributed by atoms with Gasteiger partial charge in [-0.15, -0.1) is 0 Å². The lowest BCUT2D eigenvalue weighted by atomic mass is 9.99. The zero-order valence-electron chi connectivity index (χ0n) is 16.4. The number of carbonyl (C=O) groups is 1. The van der Waals surface area contributed by atoms with Crippen molar-refractivity contribution in [3.63, 3.8) is 0 Å². The summed E-state index contributed by atoms with van der Waals surface area (Å²) < 4.78 is 16.8. The second-order valence-corrected chi connectivity index (χ2v) is 7.09. The first-order valence-electron chi connectivity index (χ1n) is 10.00. The molecule has 0 aliphatic carbocycles. The summed E-state index contributed by atoms with van der Waals surface area (Å²) >= 11 is 0. The summed E-state index contributed by atoms with van der Waals surface area (Å²) in [4.78, 5) is 12.9. The second-order valence-electron chi connectivity index (χ2n) is 7.09. The third-order valence-electron chi connectivity index (χ3n) is 5.19. The molecule has 29 heavy (non-hydrogen) atoms. The van der Waals surface area contributed by atoms with Gasteiger partial charge in [-0.1, -0.05) is 30.3 Å². The van der Waals surface area contributed by atoms with Crippen LogP contribution in [0.4, 0.5) is 0 Å². The Hall–Kier alpha value is -2.83. The van der Waals surface area contributed by atoms with E-state index in [4.69, 9.17) is 13.9 Å². The summed E-state index contributed by atoms with van der Waals surface area (Å²) in [6.07, 6.45) is 1.54. The number of furan rings is 1. The van der Waals surface area contributed by atoms with Gasteiger partial charge in [-0.25, -0.2) is 4.79 Å². The molecule has 2 heterocycles. The zero-order chi connectivity index (χ0) is 20.2. The predicted molar refractivity (Wildman–Crippen MR) is 110 cm³/mol. The highest BCUT2D eigenvalue weighted by atomic mass is 16.5. The van der Waals surface area contributed by atoms with Gasteiger partial charge in [-0.05, 0) is 38.4 Å². The molecule has 0 saturated carbocycles. The van der Waals surface area contributed by atoms with Crippen molar-refractivity contribution in [1.29, 1.82) is 0 Å². The molecule has 0 spiro atoms. The average molecular weight is 395 g/mol. The van der Waals surface area contributed by atoms with E-state index in [2.05, 4.69) is 5.32 Å². The molecule has 4 rings (SSSR count). The average Bonchev–Trinajstić information content (AvgIpc) is 3.38. The van der Waals surface area contributed by atoms with E-state index >= 15 is 0 Å². The Kier molecular flexibility index (Phi) is 5.83. The molecule has 2 N–H and O–H groups in total. The predicted octanol–water partition coefficient (Wildman–Crippen LogP) is 3.90. The van der Waals surface area contributed by atoms with Gasteiger partial charge in [-0.3, -0.25) is 0 Å². The Bertz CT molecular complexity index is 989. The molecule has 0 bridgehead atoms. The number of nitrogens with one attached hydrogen (secondary N) is 1. The van der Waals surface area contributed by atoms with E-state index in [1.54, 1.807) is 19.1 Å². The van der Waals surface area contributed by atoms with Gasteiger partial charge in [0.2, 0.25) is 0 Å². The second kappa shape index (κ2) is 8.68. The first kappa shape index (κ1) is 19.5. The van der Waals surface area contributed by atoms with Crippen LogP contribution in [0.15, 0.2) is 46.9 Å². The van der Waals surface area contributed by atoms with Crippen molar-refractivity contribution < 1.29 is 23.8 Å². The molecule has 1 aliphatic heterocycles. The Labute approximate surface area is 169 Å². The van der Waals surface area contributed by atoms with Gasteiger partial charge in [0, 0.05) is 29.2 Å². The van der Waals surface area contributed by atoms with Gasteiger partial charge in [0.15, 0.2) is 0 Å². The molecule has 152 valence electrons. The summed E-state index contributed by atoms with van der Waals surface area (Å²) in [6.45, 7) is 4.17. The summed E-state index contributed by atoms with van der Waals surface area (Å²) in [5.74, 6) is 0.157. The van der Waals surface area contributed by atoms with Crippen LogP contribution in [0.3, 0.4) is 0 Å². The standard InChI is InChI=1S/C23H25NO5/c1-2-28-23(26)21-20-17(10-12-24-16-11-13-27-14-16)18(25)8-9-19(20)29-22(21)15-6-4-3-5-7-15/h3-9,16,24-25H,2,10-14H2,1H3. The van der Waals surface area contributed by atoms with Gasteiger partial charge < -0.3 is 24.3 Å². The molecule has 1 aliphatic rings. The quantitative estimate of drug-likeness (QED) is 0.591. The Morgan fingerprint density at radius 2 is 2.07 bits per heavy atom. The number of phenols is 1. The van der Waals surface area contributed by atoms with Crippen LogP contribution in [-0.4, -0.2) is 43.5 Å². The number of hydrogen-bond acceptors (Lipinski definition) is 6. The number of benzene rings is 2. The van der Waals surface area contributed by atoms with Crippen LogP contribution in [0.5, 0.6) is 5.75 Å². The topological polar surface area (TPSA) is 80.9 Å². The molecule has 0 amide bonds. The SMILES string of the molecule is CCOC(=O)c1c(-c2ccccc2)oc2ccc(O)c(CCNC3CCOC3)c12. The minimum Gasteiger partial charge on any atom is -0.508 e. The van der Waals surface area contributed by atoms with Crippen LogP contribution in [0.1, 0.15) is 29.3 Å². The van der Waals surface area contributed by atoms with E-state index in [9.17, 15) is 9.90 Å². The molecule has 1 atom stereocenters. The highest BCUT2D eigenvalue weighted by Crippen LogP contribution is 2.39. The number of rotatable bonds is 7. The van der Waals surface area contributed by atoms with E-state index in [1.807, 2.05) is 30.3 Å². The van der Waals surface area contributed by atoms with Crippen molar-refractivity contribution in [3.05, 3.63) is 53.6 Å². The highest BCUT2D eigenvalue weighted by molar-refractivity contribution is 6.10. The van der Waals surface area contributed by atoms with Crippen molar-refractivity contribution in [2.24, 2.45) is 0 Å². The number of ether oxygens (including phenoxy) is 2. The van der Waals surface area contributed by atoms with Crippen molar-refractivity contribution in [3.8, 4) is 17.1 Å².